The Hall–Kier alpha value is -2.67. The molecule has 3 rings (SSSR count). The van der Waals surface area contributed by atoms with Crippen molar-refractivity contribution in [3.8, 4) is 0 Å². The highest BCUT2D eigenvalue weighted by Crippen LogP contribution is 2.20. The van der Waals surface area contributed by atoms with Crippen LogP contribution in [0.1, 0.15) is 22.3 Å². The van der Waals surface area contributed by atoms with E-state index >= 15 is 0 Å². The van der Waals surface area contributed by atoms with Crippen LogP contribution in [0.4, 0.5) is 0 Å². The van der Waals surface area contributed by atoms with E-state index in [1.807, 2.05) is 11.6 Å². The van der Waals surface area contributed by atoms with Crippen LogP contribution in [-0.4, -0.2) is 19.5 Å². The highest BCUT2D eigenvalue weighted by atomic mass is 32.2. The molecule has 6 nitrogen and oxygen atoms in total. The maximum atomic E-state index is 12.3. The van der Waals surface area contributed by atoms with Gasteiger partial charge in [-0.1, -0.05) is 41.6 Å². The summed E-state index contributed by atoms with van der Waals surface area (Å²) in [6, 6.07) is 8.31. The summed E-state index contributed by atoms with van der Waals surface area (Å²) in [6.07, 6.45) is 5.21. The van der Waals surface area contributed by atoms with Crippen LogP contribution in [0.25, 0.3) is 0 Å². The van der Waals surface area contributed by atoms with Crippen LogP contribution in [0.2, 0.25) is 0 Å². The lowest BCUT2D eigenvalue weighted by molar-refractivity contribution is 0.713. The quantitative estimate of drug-likeness (QED) is 0.560. The number of nitrogens with zero attached hydrogens (tertiary/aromatic N) is 3. The number of benzene rings is 1. The first kappa shape index (κ1) is 17.2. The van der Waals surface area contributed by atoms with Gasteiger partial charge in [0.05, 0.1) is 0 Å². The van der Waals surface area contributed by atoms with Gasteiger partial charge < -0.3 is 9.55 Å². The minimum Gasteiger partial charge on any atom is -0.330 e. The summed E-state index contributed by atoms with van der Waals surface area (Å²) in [6.45, 7) is 2.05. The number of hydrogen-bond acceptors (Lipinski definition) is 5. The van der Waals surface area contributed by atoms with Gasteiger partial charge in [0.2, 0.25) is 0 Å². The molecule has 25 heavy (non-hydrogen) atoms. The van der Waals surface area contributed by atoms with Gasteiger partial charge >= 0.3 is 5.69 Å². The molecule has 3 aromatic rings. The summed E-state index contributed by atoms with van der Waals surface area (Å²) in [7, 11) is 1.87. The standard InChI is InChI=1S/C18H18N4O2S/c1-12-3-5-13(6-4-12)11-25-18-21-16(23)15(10-22(18)2)7-14-8-19-17(24)20-9-14/h3-6,8-10H,7,11H2,1-2H3,(H,19,20,24). The van der Waals surface area contributed by atoms with Crippen LogP contribution in [0.3, 0.4) is 0 Å². The van der Waals surface area contributed by atoms with Crippen LogP contribution in [-0.2, 0) is 19.2 Å². The van der Waals surface area contributed by atoms with E-state index < -0.39 is 5.69 Å². The number of aromatic nitrogens is 4. The lowest BCUT2D eigenvalue weighted by Crippen LogP contribution is -2.19. The first-order valence-electron chi connectivity index (χ1n) is 7.80. The van der Waals surface area contributed by atoms with Gasteiger partial charge in [0.25, 0.3) is 5.56 Å². The number of H-pyrrole nitrogens is 1. The van der Waals surface area contributed by atoms with Gasteiger partial charge in [0.1, 0.15) is 0 Å². The predicted octanol–water partition coefficient (Wildman–Crippen LogP) is 2.06. The molecule has 0 saturated carbocycles. The lowest BCUT2D eigenvalue weighted by Gasteiger charge is -2.09. The summed E-state index contributed by atoms with van der Waals surface area (Å²) >= 11 is 1.53. The van der Waals surface area contributed by atoms with E-state index in [1.165, 1.54) is 29.1 Å². The molecular weight excluding hydrogens is 336 g/mol. The third-order valence-electron chi connectivity index (χ3n) is 3.73. The minimum atomic E-state index is -0.405. The zero-order valence-electron chi connectivity index (χ0n) is 14.0. The Balaban J connectivity index is 1.75. The van der Waals surface area contributed by atoms with E-state index in [2.05, 4.69) is 46.1 Å². The van der Waals surface area contributed by atoms with Crippen molar-refractivity contribution in [2.45, 2.75) is 24.3 Å². The minimum absolute atomic E-state index is 0.254. The monoisotopic (exact) mass is 354 g/mol. The molecule has 2 heterocycles. The van der Waals surface area contributed by atoms with Crippen molar-refractivity contribution in [2.75, 3.05) is 0 Å². The van der Waals surface area contributed by atoms with E-state index in [4.69, 9.17) is 0 Å². The highest BCUT2D eigenvalue weighted by molar-refractivity contribution is 7.98. The van der Waals surface area contributed by atoms with Gasteiger partial charge in [-0.2, -0.15) is 4.98 Å². The van der Waals surface area contributed by atoms with Crippen LogP contribution >= 0.6 is 11.8 Å². The van der Waals surface area contributed by atoms with Crippen molar-refractivity contribution in [2.24, 2.45) is 7.05 Å². The molecule has 1 aromatic carbocycles. The smallest absolute Gasteiger partial charge is 0.330 e. The highest BCUT2D eigenvalue weighted by Gasteiger charge is 2.09. The molecule has 0 aliphatic rings. The van der Waals surface area contributed by atoms with E-state index in [1.54, 1.807) is 12.4 Å². The maximum Gasteiger partial charge on any atom is 0.344 e. The maximum absolute atomic E-state index is 12.3. The molecule has 0 fully saturated rings. The zero-order valence-corrected chi connectivity index (χ0v) is 14.8. The third kappa shape index (κ3) is 4.45. The second kappa shape index (κ2) is 7.48. The van der Waals surface area contributed by atoms with Crippen LogP contribution < -0.4 is 11.2 Å². The topological polar surface area (TPSA) is 80.6 Å². The van der Waals surface area contributed by atoms with Gasteiger partial charge in [-0.25, -0.2) is 9.78 Å². The molecule has 128 valence electrons. The van der Waals surface area contributed by atoms with Crippen LogP contribution in [0.15, 0.2) is 57.6 Å². The van der Waals surface area contributed by atoms with Crippen LogP contribution in [0, 0.1) is 6.92 Å². The molecule has 2 aromatic heterocycles. The van der Waals surface area contributed by atoms with Crippen molar-refractivity contribution in [3.05, 3.63) is 85.9 Å². The van der Waals surface area contributed by atoms with E-state index in [9.17, 15) is 9.59 Å². The Morgan fingerprint density at radius 2 is 1.92 bits per heavy atom. The first-order chi connectivity index (χ1) is 12.0. The van der Waals surface area contributed by atoms with Gasteiger partial charge in [0, 0.05) is 43.4 Å². The molecule has 0 saturated heterocycles. The molecule has 0 aliphatic carbocycles. The molecule has 0 radical (unpaired) electrons. The molecule has 0 spiro atoms. The second-order valence-electron chi connectivity index (χ2n) is 5.84. The average molecular weight is 354 g/mol. The fraction of sp³-hybridized carbons (Fsp3) is 0.222. The first-order valence-corrected chi connectivity index (χ1v) is 8.78. The van der Waals surface area contributed by atoms with Gasteiger partial charge in [-0.05, 0) is 18.1 Å². The summed E-state index contributed by atoms with van der Waals surface area (Å²) in [5.74, 6) is 0.754. The summed E-state index contributed by atoms with van der Waals surface area (Å²) in [5.41, 5.74) is 3.08. The molecule has 0 bridgehead atoms. The van der Waals surface area contributed by atoms with Crippen molar-refractivity contribution in [1.29, 1.82) is 0 Å². The Labute approximate surface area is 149 Å². The number of hydrogen-bond donors (Lipinski definition) is 1. The Bertz CT molecular complexity index is 973. The molecule has 1 N–H and O–H groups in total. The van der Waals surface area contributed by atoms with E-state index in [0.717, 1.165) is 11.3 Å². The van der Waals surface area contributed by atoms with E-state index in [-0.39, 0.29) is 5.56 Å². The average Bonchev–Trinajstić information content (AvgIpc) is 2.60. The Morgan fingerprint density at radius 1 is 1.16 bits per heavy atom. The Kier molecular flexibility index (Phi) is 5.14. The molecule has 0 atom stereocenters. The van der Waals surface area contributed by atoms with Crippen molar-refractivity contribution in [3.63, 3.8) is 0 Å². The number of thioether (sulfide) groups is 1. The largest absolute Gasteiger partial charge is 0.344 e. The third-order valence-corrected chi connectivity index (χ3v) is 4.85. The fourth-order valence-corrected chi connectivity index (χ4v) is 3.25. The summed E-state index contributed by atoms with van der Waals surface area (Å²) in [5, 5.41) is 0.675. The van der Waals surface area contributed by atoms with E-state index in [0.29, 0.717) is 17.1 Å². The molecule has 0 amide bonds. The SMILES string of the molecule is Cc1ccc(CSc2nc(=O)c(Cc3cnc(=O)[nH]c3)cn2C)cc1. The number of aromatic amines is 1. The molecule has 0 unspecified atom stereocenters. The zero-order chi connectivity index (χ0) is 17.8. The van der Waals surface area contributed by atoms with Crippen LogP contribution in [0.5, 0.6) is 0 Å². The molecular formula is C18H18N4O2S. The van der Waals surface area contributed by atoms with Gasteiger partial charge in [-0.3, -0.25) is 4.79 Å². The van der Waals surface area contributed by atoms with Crippen molar-refractivity contribution < 1.29 is 0 Å². The summed E-state index contributed by atoms with van der Waals surface area (Å²) < 4.78 is 1.86. The van der Waals surface area contributed by atoms with Crippen molar-refractivity contribution >= 4 is 11.8 Å². The number of aryl methyl sites for hydroxylation is 2. The van der Waals surface area contributed by atoms with Gasteiger partial charge in [-0.15, -0.1) is 0 Å². The van der Waals surface area contributed by atoms with Gasteiger partial charge in [0.15, 0.2) is 5.16 Å². The molecule has 0 aliphatic heterocycles. The molecule has 7 heteroatoms. The lowest BCUT2D eigenvalue weighted by atomic mass is 10.1. The predicted molar refractivity (Wildman–Crippen MR) is 97.9 cm³/mol. The Morgan fingerprint density at radius 3 is 2.60 bits per heavy atom. The number of rotatable bonds is 5. The van der Waals surface area contributed by atoms with Crippen molar-refractivity contribution in [1.82, 2.24) is 19.5 Å². The fourth-order valence-electron chi connectivity index (χ4n) is 2.36. The number of nitrogens with one attached hydrogen (secondary N) is 1. The second-order valence-corrected chi connectivity index (χ2v) is 6.79. The summed E-state index contributed by atoms with van der Waals surface area (Å²) in [4.78, 5) is 33.7. The normalized spacial score (nSPS) is 10.8.